The van der Waals surface area contributed by atoms with Crippen LogP contribution in [-0.4, -0.2) is 41.2 Å². The molecular weight excluding hydrogens is 391 g/mol. The molecular formula is C19H20ClFN2O5. The second kappa shape index (κ2) is 8.26. The summed E-state index contributed by atoms with van der Waals surface area (Å²) in [5, 5.41) is 2.44. The van der Waals surface area contributed by atoms with Crippen LogP contribution in [0, 0.1) is 17.7 Å². The van der Waals surface area contributed by atoms with Gasteiger partial charge in [0.1, 0.15) is 11.9 Å². The van der Waals surface area contributed by atoms with Crippen LogP contribution in [0.2, 0.25) is 5.02 Å². The average molecular weight is 411 g/mol. The summed E-state index contributed by atoms with van der Waals surface area (Å²) in [5.41, 5.74) is -0.104. The van der Waals surface area contributed by atoms with E-state index in [0.717, 1.165) is 23.8 Å². The van der Waals surface area contributed by atoms with Crippen LogP contribution in [0.1, 0.15) is 32.6 Å². The standard InChI is InChI=1S/C19H20ClFN2O5/c1-10(23-17(25)12-4-2-3-5-13(12)18(23)26)19(27)28-9-16(24)22-15-7-6-11(20)8-14(15)21/h6-8,10,12-13H,2-5,9H2,1H3,(H,22,24)/t10-,12-,13-/m0/s1. The number of hydrogen-bond donors (Lipinski definition) is 1. The van der Waals surface area contributed by atoms with Gasteiger partial charge in [0.25, 0.3) is 5.91 Å². The first-order valence-electron chi connectivity index (χ1n) is 9.08. The molecule has 0 bridgehead atoms. The number of hydrogen-bond acceptors (Lipinski definition) is 5. The highest BCUT2D eigenvalue weighted by Gasteiger charge is 2.51. The fourth-order valence-electron chi connectivity index (χ4n) is 3.71. The molecule has 1 N–H and O–H groups in total. The molecule has 9 heteroatoms. The van der Waals surface area contributed by atoms with Gasteiger partial charge in [-0.15, -0.1) is 0 Å². The highest BCUT2D eigenvalue weighted by atomic mass is 35.5. The number of amides is 3. The highest BCUT2D eigenvalue weighted by molar-refractivity contribution is 6.30. The van der Waals surface area contributed by atoms with Gasteiger partial charge in [0.05, 0.1) is 17.5 Å². The van der Waals surface area contributed by atoms with Gasteiger partial charge in [0.15, 0.2) is 6.61 Å². The number of nitrogens with zero attached hydrogens (tertiary/aromatic N) is 1. The Hall–Kier alpha value is -2.48. The number of carbonyl (C=O) groups is 4. The second-order valence-corrected chi connectivity index (χ2v) is 7.44. The second-order valence-electron chi connectivity index (χ2n) is 7.00. The largest absolute Gasteiger partial charge is 0.454 e. The molecule has 7 nitrogen and oxygen atoms in total. The zero-order valence-electron chi connectivity index (χ0n) is 15.2. The fourth-order valence-corrected chi connectivity index (χ4v) is 3.87. The van der Waals surface area contributed by atoms with Gasteiger partial charge in [-0.3, -0.25) is 19.3 Å². The molecule has 1 saturated heterocycles. The van der Waals surface area contributed by atoms with Gasteiger partial charge >= 0.3 is 5.97 Å². The van der Waals surface area contributed by atoms with E-state index in [4.69, 9.17) is 16.3 Å². The molecule has 1 aromatic rings. The Kier molecular flexibility index (Phi) is 5.98. The molecule has 1 aromatic carbocycles. The lowest BCUT2D eigenvalue weighted by Gasteiger charge is -2.21. The molecule has 3 atom stereocenters. The van der Waals surface area contributed by atoms with E-state index in [0.29, 0.717) is 12.8 Å². The summed E-state index contributed by atoms with van der Waals surface area (Å²) in [5.74, 6) is -3.79. The third-order valence-electron chi connectivity index (χ3n) is 5.15. The van der Waals surface area contributed by atoms with Gasteiger partial charge < -0.3 is 10.1 Å². The Bertz CT molecular complexity index is 807. The summed E-state index contributed by atoms with van der Waals surface area (Å²) >= 11 is 5.64. The van der Waals surface area contributed by atoms with Crippen LogP contribution in [0.15, 0.2) is 18.2 Å². The maximum Gasteiger partial charge on any atom is 0.329 e. The van der Waals surface area contributed by atoms with E-state index < -0.39 is 30.3 Å². The third-order valence-corrected chi connectivity index (χ3v) is 5.39. The van der Waals surface area contributed by atoms with Crippen LogP contribution in [0.4, 0.5) is 10.1 Å². The summed E-state index contributed by atoms with van der Waals surface area (Å²) in [6, 6.07) is 2.60. The van der Waals surface area contributed by atoms with Crippen LogP contribution in [0.5, 0.6) is 0 Å². The van der Waals surface area contributed by atoms with Gasteiger partial charge in [-0.25, -0.2) is 9.18 Å². The SMILES string of the molecule is C[C@@H](C(=O)OCC(=O)Nc1ccc(Cl)cc1F)N1C(=O)[C@H]2CCCC[C@@H]2C1=O. The predicted molar refractivity (Wildman–Crippen MR) is 97.8 cm³/mol. The smallest absolute Gasteiger partial charge is 0.329 e. The van der Waals surface area contributed by atoms with Crippen LogP contribution in [0.25, 0.3) is 0 Å². The molecule has 2 fully saturated rings. The van der Waals surface area contributed by atoms with Crippen LogP contribution in [0.3, 0.4) is 0 Å². The quantitative estimate of drug-likeness (QED) is 0.594. The van der Waals surface area contributed by atoms with Crippen molar-refractivity contribution in [3.8, 4) is 0 Å². The maximum atomic E-state index is 13.7. The number of benzene rings is 1. The molecule has 3 amide bonds. The van der Waals surface area contributed by atoms with Crippen molar-refractivity contribution in [3.05, 3.63) is 29.0 Å². The summed E-state index contributed by atoms with van der Waals surface area (Å²) in [6.45, 7) is 0.723. The molecule has 1 aliphatic heterocycles. The maximum absolute atomic E-state index is 13.7. The number of rotatable bonds is 5. The van der Waals surface area contributed by atoms with Gasteiger partial charge in [0, 0.05) is 5.02 Å². The van der Waals surface area contributed by atoms with Crippen LogP contribution >= 0.6 is 11.6 Å². The molecule has 0 radical (unpaired) electrons. The van der Waals surface area contributed by atoms with Crippen molar-refractivity contribution in [2.75, 3.05) is 11.9 Å². The first-order valence-corrected chi connectivity index (χ1v) is 9.46. The number of nitrogens with one attached hydrogen (secondary N) is 1. The lowest BCUT2D eigenvalue weighted by Crippen LogP contribution is -2.45. The molecule has 1 aliphatic carbocycles. The minimum absolute atomic E-state index is 0.104. The number of likely N-dealkylation sites (tertiary alicyclic amines) is 1. The molecule has 150 valence electrons. The molecule has 28 heavy (non-hydrogen) atoms. The number of halogens is 2. The van der Waals surface area contributed by atoms with Crippen molar-refractivity contribution in [3.63, 3.8) is 0 Å². The lowest BCUT2D eigenvalue weighted by atomic mass is 9.81. The Balaban J connectivity index is 1.56. The van der Waals surface area contributed by atoms with E-state index in [2.05, 4.69) is 5.32 Å². The van der Waals surface area contributed by atoms with Crippen molar-refractivity contribution < 1.29 is 28.3 Å². The average Bonchev–Trinajstić information content (AvgIpc) is 2.92. The highest BCUT2D eigenvalue weighted by Crippen LogP contribution is 2.38. The van der Waals surface area contributed by atoms with Crippen molar-refractivity contribution >= 4 is 41.0 Å². The van der Waals surface area contributed by atoms with E-state index >= 15 is 0 Å². The van der Waals surface area contributed by atoms with Crippen LogP contribution < -0.4 is 5.32 Å². The number of esters is 1. The fraction of sp³-hybridized carbons (Fsp3) is 0.474. The topological polar surface area (TPSA) is 92.8 Å². The number of carbonyl (C=O) groups excluding carboxylic acids is 4. The number of ether oxygens (including phenoxy) is 1. The summed E-state index contributed by atoms with van der Waals surface area (Å²) in [7, 11) is 0. The van der Waals surface area contributed by atoms with E-state index in [1.54, 1.807) is 0 Å². The van der Waals surface area contributed by atoms with E-state index in [-0.39, 0.29) is 34.4 Å². The number of fused-ring (bicyclic) bond motifs is 1. The lowest BCUT2D eigenvalue weighted by molar-refractivity contribution is -0.159. The summed E-state index contributed by atoms with van der Waals surface area (Å²) in [4.78, 5) is 50.1. The van der Waals surface area contributed by atoms with Crippen molar-refractivity contribution in [1.82, 2.24) is 4.90 Å². The molecule has 1 saturated carbocycles. The summed E-state index contributed by atoms with van der Waals surface area (Å²) in [6.07, 6.45) is 3.05. The van der Waals surface area contributed by atoms with E-state index in [9.17, 15) is 23.6 Å². The number of imide groups is 1. The molecule has 0 unspecified atom stereocenters. The minimum Gasteiger partial charge on any atom is -0.454 e. The Morgan fingerprint density at radius 3 is 2.43 bits per heavy atom. The molecule has 2 aliphatic rings. The van der Waals surface area contributed by atoms with Crippen molar-refractivity contribution in [2.24, 2.45) is 11.8 Å². The Labute approximate surface area is 166 Å². The first kappa shape index (κ1) is 20.3. The molecule has 3 rings (SSSR count). The van der Waals surface area contributed by atoms with Gasteiger partial charge in [-0.1, -0.05) is 24.4 Å². The van der Waals surface area contributed by atoms with Gasteiger partial charge in [0.2, 0.25) is 11.8 Å². The molecule has 1 heterocycles. The zero-order chi connectivity index (χ0) is 20.4. The van der Waals surface area contributed by atoms with Crippen LogP contribution in [-0.2, 0) is 23.9 Å². The van der Waals surface area contributed by atoms with Gasteiger partial charge in [-0.05, 0) is 38.0 Å². The predicted octanol–water partition coefficient (Wildman–Crippen LogP) is 2.52. The van der Waals surface area contributed by atoms with E-state index in [1.165, 1.54) is 19.1 Å². The first-order chi connectivity index (χ1) is 13.3. The van der Waals surface area contributed by atoms with Crippen molar-refractivity contribution in [2.45, 2.75) is 38.6 Å². The Morgan fingerprint density at radius 1 is 1.25 bits per heavy atom. The van der Waals surface area contributed by atoms with Crippen molar-refractivity contribution in [1.29, 1.82) is 0 Å². The van der Waals surface area contributed by atoms with E-state index in [1.807, 2.05) is 0 Å². The third kappa shape index (κ3) is 4.01. The summed E-state index contributed by atoms with van der Waals surface area (Å²) < 4.78 is 18.6. The number of anilines is 1. The Morgan fingerprint density at radius 2 is 1.86 bits per heavy atom. The monoisotopic (exact) mass is 410 g/mol. The molecule has 0 spiro atoms. The molecule has 0 aromatic heterocycles. The van der Waals surface area contributed by atoms with Gasteiger partial charge in [-0.2, -0.15) is 0 Å². The minimum atomic E-state index is -1.12. The normalized spacial score (nSPS) is 22.6. The zero-order valence-corrected chi connectivity index (χ0v) is 16.0.